The van der Waals surface area contributed by atoms with E-state index in [1.54, 1.807) is 6.07 Å². The van der Waals surface area contributed by atoms with Crippen molar-refractivity contribution in [1.29, 1.82) is 0 Å². The summed E-state index contributed by atoms with van der Waals surface area (Å²) in [5.74, 6) is 0.725. The Labute approximate surface area is 116 Å². The van der Waals surface area contributed by atoms with Gasteiger partial charge in [0, 0.05) is 5.56 Å². The van der Waals surface area contributed by atoms with Crippen molar-refractivity contribution >= 4 is 23.2 Å². The fourth-order valence-corrected chi connectivity index (χ4v) is 1.89. The number of ether oxygens (including phenoxy) is 1. The van der Waals surface area contributed by atoms with Crippen molar-refractivity contribution in [3.63, 3.8) is 0 Å². The summed E-state index contributed by atoms with van der Waals surface area (Å²) in [4.78, 5) is 0. The van der Waals surface area contributed by atoms with Crippen molar-refractivity contribution in [2.45, 2.75) is 13.2 Å². The van der Waals surface area contributed by atoms with Crippen LogP contribution in [0.3, 0.4) is 0 Å². The fraction of sp³-hybridized carbons (Fsp3) is 0.143. The number of benzene rings is 2. The molecular formula is C14H12Cl2O2. The van der Waals surface area contributed by atoms with Crippen LogP contribution in [0, 0.1) is 0 Å². The standard InChI is InChI=1S/C14H12Cl2O2/c15-13-3-1-2-11(14(13)16)9-18-12-6-4-10(8-17)5-7-12/h1-7,17H,8-9H2. The van der Waals surface area contributed by atoms with E-state index in [-0.39, 0.29) is 6.61 Å². The Morgan fingerprint density at radius 1 is 1.00 bits per heavy atom. The van der Waals surface area contributed by atoms with Crippen LogP contribution in [0.4, 0.5) is 0 Å². The first kappa shape index (κ1) is 13.2. The summed E-state index contributed by atoms with van der Waals surface area (Å²) >= 11 is 12.0. The van der Waals surface area contributed by atoms with Crippen molar-refractivity contribution in [1.82, 2.24) is 0 Å². The lowest BCUT2D eigenvalue weighted by atomic mass is 10.2. The highest BCUT2D eigenvalue weighted by Gasteiger charge is 2.04. The van der Waals surface area contributed by atoms with Gasteiger partial charge in [0.15, 0.2) is 0 Å². The predicted molar refractivity (Wildman–Crippen MR) is 73.2 cm³/mol. The van der Waals surface area contributed by atoms with Gasteiger partial charge >= 0.3 is 0 Å². The second-order valence-electron chi connectivity index (χ2n) is 3.80. The number of hydrogen-bond donors (Lipinski definition) is 1. The summed E-state index contributed by atoms with van der Waals surface area (Å²) in [5.41, 5.74) is 1.69. The van der Waals surface area contributed by atoms with Crippen LogP contribution < -0.4 is 4.74 Å². The number of halogens is 2. The van der Waals surface area contributed by atoms with E-state index in [0.717, 1.165) is 16.9 Å². The van der Waals surface area contributed by atoms with Gasteiger partial charge in [-0.2, -0.15) is 0 Å². The van der Waals surface area contributed by atoms with Gasteiger partial charge in [-0.1, -0.05) is 47.5 Å². The Hall–Kier alpha value is -1.22. The highest BCUT2D eigenvalue weighted by Crippen LogP contribution is 2.26. The van der Waals surface area contributed by atoms with Crippen LogP contribution in [0.2, 0.25) is 10.0 Å². The SMILES string of the molecule is OCc1ccc(OCc2cccc(Cl)c2Cl)cc1. The third-order valence-corrected chi connectivity index (χ3v) is 3.39. The van der Waals surface area contributed by atoms with Crippen LogP contribution in [0.15, 0.2) is 42.5 Å². The van der Waals surface area contributed by atoms with E-state index in [9.17, 15) is 0 Å². The van der Waals surface area contributed by atoms with E-state index in [0.29, 0.717) is 16.7 Å². The van der Waals surface area contributed by atoms with Crippen LogP contribution in [-0.2, 0) is 13.2 Å². The first-order valence-electron chi connectivity index (χ1n) is 5.46. The molecule has 0 saturated heterocycles. The Morgan fingerprint density at radius 3 is 2.39 bits per heavy atom. The molecule has 0 spiro atoms. The lowest BCUT2D eigenvalue weighted by Gasteiger charge is -2.09. The summed E-state index contributed by atoms with van der Waals surface area (Å²) in [5, 5.41) is 9.97. The van der Waals surface area contributed by atoms with Gasteiger partial charge in [0.1, 0.15) is 12.4 Å². The zero-order valence-electron chi connectivity index (χ0n) is 9.57. The van der Waals surface area contributed by atoms with Crippen molar-refractivity contribution in [2.24, 2.45) is 0 Å². The normalized spacial score (nSPS) is 10.4. The molecule has 0 aliphatic rings. The van der Waals surface area contributed by atoms with Crippen molar-refractivity contribution in [3.8, 4) is 5.75 Å². The van der Waals surface area contributed by atoms with E-state index in [1.165, 1.54) is 0 Å². The summed E-state index contributed by atoms with van der Waals surface area (Å²) < 4.78 is 5.60. The molecule has 2 aromatic rings. The maximum atomic E-state index is 8.93. The van der Waals surface area contributed by atoms with Crippen LogP contribution in [0.25, 0.3) is 0 Å². The van der Waals surface area contributed by atoms with Gasteiger partial charge in [-0.25, -0.2) is 0 Å². The molecule has 2 aromatic carbocycles. The Kier molecular flexibility index (Phi) is 4.48. The first-order valence-corrected chi connectivity index (χ1v) is 6.22. The van der Waals surface area contributed by atoms with Gasteiger partial charge in [0.25, 0.3) is 0 Å². The maximum Gasteiger partial charge on any atom is 0.119 e. The summed E-state index contributed by atoms with van der Waals surface area (Å²) in [6, 6.07) is 12.7. The van der Waals surface area contributed by atoms with Gasteiger partial charge in [-0.15, -0.1) is 0 Å². The Morgan fingerprint density at radius 2 is 1.72 bits per heavy atom. The minimum absolute atomic E-state index is 0.0282. The molecule has 18 heavy (non-hydrogen) atoms. The molecule has 0 atom stereocenters. The highest BCUT2D eigenvalue weighted by atomic mass is 35.5. The van der Waals surface area contributed by atoms with E-state index >= 15 is 0 Å². The quantitative estimate of drug-likeness (QED) is 0.916. The molecule has 94 valence electrons. The molecule has 0 aliphatic carbocycles. The monoisotopic (exact) mass is 282 g/mol. The van der Waals surface area contributed by atoms with E-state index in [1.807, 2.05) is 36.4 Å². The molecule has 0 radical (unpaired) electrons. The number of aliphatic hydroxyl groups excluding tert-OH is 1. The maximum absolute atomic E-state index is 8.93. The number of aliphatic hydroxyl groups is 1. The molecule has 0 bridgehead atoms. The highest BCUT2D eigenvalue weighted by molar-refractivity contribution is 6.42. The summed E-state index contributed by atoms with van der Waals surface area (Å²) in [6.07, 6.45) is 0. The van der Waals surface area contributed by atoms with Gasteiger partial charge < -0.3 is 9.84 Å². The van der Waals surface area contributed by atoms with Crippen LogP contribution in [0.5, 0.6) is 5.75 Å². The average molecular weight is 283 g/mol. The second-order valence-corrected chi connectivity index (χ2v) is 4.59. The Balaban J connectivity index is 2.04. The largest absolute Gasteiger partial charge is 0.489 e. The average Bonchev–Trinajstić information content (AvgIpc) is 2.41. The van der Waals surface area contributed by atoms with Crippen LogP contribution in [0.1, 0.15) is 11.1 Å². The molecule has 2 nitrogen and oxygen atoms in total. The molecule has 0 amide bonds. The zero-order chi connectivity index (χ0) is 13.0. The lowest BCUT2D eigenvalue weighted by Crippen LogP contribution is -1.96. The van der Waals surface area contributed by atoms with E-state index < -0.39 is 0 Å². The molecule has 0 aromatic heterocycles. The summed E-state index contributed by atoms with van der Waals surface area (Å²) in [7, 11) is 0. The molecule has 2 rings (SSSR count). The van der Waals surface area contributed by atoms with Gasteiger partial charge in [-0.05, 0) is 23.8 Å². The van der Waals surface area contributed by atoms with E-state index in [2.05, 4.69) is 0 Å². The van der Waals surface area contributed by atoms with Crippen LogP contribution in [-0.4, -0.2) is 5.11 Å². The number of rotatable bonds is 4. The predicted octanol–water partition coefficient (Wildman–Crippen LogP) is 4.06. The molecule has 0 fully saturated rings. The van der Waals surface area contributed by atoms with Gasteiger partial charge in [0.2, 0.25) is 0 Å². The molecule has 0 aliphatic heterocycles. The van der Waals surface area contributed by atoms with Crippen molar-refractivity contribution in [3.05, 3.63) is 63.6 Å². The fourth-order valence-electron chi connectivity index (χ4n) is 1.51. The van der Waals surface area contributed by atoms with Gasteiger partial charge in [0.05, 0.1) is 16.7 Å². The molecule has 4 heteroatoms. The second kappa shape index (κ2) is 6.10. The minimum atomic E-state index is 0.0282. The minimum Gasteiger partial charge on any atom is -0.489 e. The van der Waals surface area contributed by atoms with Crippen molar-refractivity contribution in [2.75, 3.05) is 0 Å². The smallest absolute Gasteiger partial charge is 0.119 e. The lowest BCUT2D eigenvalue weighted by molar-refractivity contribution is 0.280. The molecule has 1 N–H and O–H groups in total. The molecule has 0 heterocycles. The third-order valence-electron chi connectivity index (χ3n) is 2.53. The van der Waals surface area contributed by atoms with Gasteiger partial charge in [-0.3, -0.25) is 0 Å². The van der Waals surface area contributed by atoms with Crippen molar-refractivity contribution < 1.29 is 9.84 Å². The third kappa shape index (κ3) is 3.16. The first-order chi connectivity index (χ1) is 8.70. The van der Waals surface area contributed by atoms with E-state index in [4.69, 9.17) is 33.0 Å². The zero-order valence-corrected chi connectivity index (χ0v) is 11.1. The molecular weight excluding hydrogens is 271 g/mol. The Bertz CT molecular complexity index is 524. The van der Waals surface area contributed by atoms with Crippen LogP contribution >= 0.6 is 23.2 Å². The molecule has 0 unspecified atom stereocenters. The summed E-state index contributed by atoms with van der Waals surface area (Å²) in [6.45, 7) is 0.387. The topological polar surface area (TPSA) is 29.5 Å². The number of hydrogen-bond acceptors (Lipinski definition) is 2. The molecule has 0 saturated carbocycles.